The summed E-state index contributed by atoms with van der Waals surface area (Å²) in [7, 11) is 0. The average molecular weight is 574 g/mol. The Morgan fingerprint density at radius 3 is 1.66 bits per heavy atom. The van der Waals surface area contributed by atoms with E-state index in [9.17, 15) is 0 Å². The third kappa shape index (κ3) is 6.20. The van der Waals surface area contributed by atoms with Gasteiger partial charge < -0.3 is 19.3 Å². The number of aryl methyl sites for hydroxylation is 5. The molecule has 0 N–H and O–H groups in total. The van der Waals surface area contributed by atoms with Crippen molar-refractivity contribution in [2.75, 3.05) is 36.1 Å². The number of hydrogen-bond acceptors (Lipinski definition) is 4. The van der Waals surface area contributed by atoms with E-state index in [0.717, 1.165) is 52.7 Å². The average Bonchev–Trinajstić information content (AvgIpc) is 3.26. The van der Waals surface area contributed by atoms with Gasteiger partial charge >= 0.3 is 0 Å². The topological polar surface area (TPSA) is 24.9 Å². The molecule has 202 valence electrons. The number of rotatable bonds is 8. The number of hydrogen-bond donors (Lipinski definition) is 0. The van der Waals surface area contributed by atoms with E-state index in [1.807, 2.05) is 36.4 Å². The third-order valence-corrected chi connectivity index (χ3v) is 7.46. The quantitative estimate of drug-likeness (QED) is 0.200. The third-order valence-electron chi connectivity index (χ3n) is 6.88. The van der Waals surface area contributed by atoms with Crippen LogP contribution < -0.4 is 19.3 Å². The Morgan fingerprint density at radius 2 is 1.21 bits per heavy atom. The molecule has 1 atom stereocenters. The molecule has 4 nitrogen and oxygen atoms in total. The molecule has 0 spiro atoms. The van der Waals surface area contributed by atoms with E-state index in [4.69, 9.17) is 44.3 Å². The molecule has 0 saturated carbocycles. The van der Waals surface area contributed by atoms with Gasteiger partial charge in [-0.3, -0.25) is 0 Å². The van der Waals surface area contributed by atoms with Crippen LogP contribution in [0.3, 0.4) is 0 Å². The number of nitrogens with zero attached hydrogens (tertiary/aromatic N) is 2. The molecule has 38 heavy (non-hydrogen) atoms. The molecule has 3 aromatic rings. The SMILES string of the molecule is C=Cc1ccc(OCCOc2cc(C)c(N3CCN(c4c(C)cc(C)cc4C)C3C(Cl)(Cl)Cl)c(C)c2)cc1. The second-order valence-corrected chi connectivity index (χ2v) is 12.3. The van der Waals surface area contributed by atoms with Crippen LogP contribution in [0.4, 0.5) is 11.4 Å². The van der Waals surface area contributed by atoms with Gasteiger partial charge in [-0.25, -0.2) is 0 Å². The molecule has 0 aromatic heterocycles. The summed E-state index contributed by atoms with van der Waals surface area (Å²) in [5.74, 6) is 1.60. The zero-order valence-electron chi connectivity index (χ0n) is 22.7. The first-order chi connectivity index (χ1) is 18.0. The van der Waals surface area contributed by atoms with Crippen LogP contribution in [0.25, 0.3) is 6.08 Å². The minimum absolute atomic E-state index is 0.432. The minimum Gasteiger partial charge on any atom is -0.490 e. The van der Waals surface area contributed by atoms with Gasteiger partial charge in [-0.15, -0.1) is 0 Å². The predicted molar refractivity (Wildman–Crippen MR) is 163 cm³/mol. The van der Waals surface area contributed by atoms with Gasteiger partial charge in [0.2, 0.25) is 3.79 Å². The fourth-order valence-corrected chi connectivity index (χ4v) is 6.25. The maximum atomic E-state index is 6.66. The van der Waals surface area contributed by atoms with Gasteiger partial charge in [-0.1, -0.05) is 77.3 Å². The van der Waals surface area contributed by atoms with E-state index in [-0.39, 0.29) is 0 Å². The Labute approximate surface area is 241 Å². The van der Waals surface area contributed by atoms with Crippen molar-refractivity contribution in [3.8, 4) is 11.5 Å². The lowest BCUT2D eigenvalue weighted by atomic mass is 10.0. The number of alkyl halides is 3. The summed E-state index contributed by atoms with van der Waals surface area (Å²) in [6.07, 6.45) is 1.36. The summed E-state index contributed by atoms with van der Waals surface area (Å²) in [6.45, 7) is 16.6. The van der Waals surface area contributed by atoms with E-state index >= 15 is 0 Å². The first-order valence-electron chi connectivity index (χ1n) is 12.8. The number of anilines is 2. The van der Waals surface area contributed by atoms with Gasteiger partial charge in [0.25, 0.3) is 0 Å². The molecule has 0 amide bonds. The summed E-state index contributed by atoms with van der Waals surface area (Å²) < 4.78 is 10.3. The first-order valence-corrected chi connectivity index (χ1v) is 13.9. The predicted octanol–water partition coefficient (Wildman–Crippen LogP) is 8.35. The molecule has 1 fully saturated rings. The van der Waals surface area contributed by atoms with Crippen LogP contribution in [0.2, 0.25) is 0 Å². The highest BCUT2D eigenvalue weighted by Gasteiger charge is 2.47. The highest BCUT2D eigenvalue weighted by Crippen LogP contribution is 2.45. The molecule has 1 unspecified atom stereocenters. The van der Waals surface area contributed by atoms with Crippen molar-refractivity contribution < 1.29 is 9.47 Å². The molecule has 0 radical (unpaired) electrons. The first kappa shape index (κ1) is 28.5. The van der Waals surface area contributed by atoms with Crippen molar-refractivity contribution in [2.24, 2.45) is 0 Å². The van der Waals surface area contributed by atoms with Crippen LogP contribution in [0.1, 0.15) is 33.4 Å². The normalized spacial score (nSPS) is 15.6. The lowest BCUT2D eigenvalue weighted by Gasteiger charge is -2.39. The monoisotopic (exact) mass is 572 g/mol. The van der Waals surface area contributed by atoms with Crippen LogP contribution >= 0.6 is 34.8 Å². The zero-order chi connectivity index (χ0) is 27.6. The van der Waals surface area contributed by atoms with Gasteiger partial charge in [-0.05, 0) is 86.7 Å². The molecule has 0 bridgehead atoms. The fraction of sp³-hybridized carbons (Fsp3) is 0.355. The van der Waals surface area contributed by atoms with E-state index in [0.29, 0.717) is 13.2 Å². The second kappa shape index (κ2) is 11.7. The lowest BCUT2D eigenvalue weighted by Crippen LogP contribution is -2.49. The molecule has 1 aliphatic heterocycles. The summed E-state index contributed by atoms with van der Waals surface area (Å²) in [5.41, 5.74) is 8.98. The molecule has 1 aliphatic rings. The molecular formula is C31H35Cl3N2O2. The number of halogens is 3. The van der Waals surface area contributed by atoms with E-state index in [2.05, 4.69) is 63.1 Å². The number of ether oxygens (including phenoxy) is 2. The van der Waals surface area contributed by atoms with Gasteiger partial charge in [0, 0.05) is 24.5 Å². The summed E-state index contributed by atoms with van der Waals surface area (Å²) in [6, 6.07) is 16.3. The van der Waals surface area contributed by atoms with E-state index in [1.165, 1.54) is 16.7 Å². The Hall–Kier alpha value is -2.53. The molecular weight excluding hydrogens is 539 g/mol. The standard InChI is InChI=1S/C31H35Cl3N2O2/c1-7-25-8-10-26(11-9-25)37-14-15-38-27-18-23(5)29(24(6)19-27)36-13-12-35(30(36)31(32,33)34)28-21(3)16-20(2)17-22(28)4/h7-11,16-19,30H,1,12-15H2,2-6H3. The molecule has 4 rings (SSSR count). The zero-order valence-corrected chi connectivity index (χ0v) is 24.9. The Bertz CT molecular complexity index is 1260. The summed E-state index contributed by atoms with van der Waals surface area (Å²) in [4.78, 5) is 4.45. The van der Waals surface area contributed by atoms with E-state index in [1.54, 1.807) is 6.08 Å². The molecule has 7 heteroatoms. The highest BCUT2D eigenvalue weighted by atomic mass is 35.6. The Morgan fingerprint density at radius 1 is 0.763 bits per heavy atom. The van der Waals surface area contributed by atoms with Gasteiger partial charge in [-0.2, -0.15) is 0 Å². The van der Waals surface area contributed by atoms with Crippen molar-refractivity contribution in [1.82, 2.24) is 0 Å². The lowest BCUT2D eigenvalue weighted by molar-refractivity contribution is 0.217. The van der Waals surface area contributed by atoms with Crippen LogP contribution in [-0.2, 0) is 0 Å². The molecule has 1 saturated heterocycles. The highest BCUT2D eigenvalue weighted by molar-refractivity contribution is 6.68. The van der Waals surface area contributed by atoms with Crippen LogP contribution in [0.5, 0.6) is 11.5 Å². The van der Waals surface area contributed by atoms with Gasteiger partial charge in [0.15, 0.2) is 6.17 Å². The fourth-order valence-electron chi connectivity index (χ4n) is 5.55. The van der Waals surface area contributed by atoms with Crippen molar-refractivity contribution in [1.29, 1.82) is 0 Å². The minimum atomic E-state index is -1.52. The van der Waals surface area contributed by atoms with Gasteiger partial charge in [0.05, 0.1) is 0 Å². The van der Waals surface area contributed by atoms with Crippen LogP contribution in [0.15, 0.2) is 55.1 Å². The Kier molecular flexibility index (Phi) is 8.76. The van der Waals surface area contributed by atoms with Crippen LogP contribution in [0, 0.1) is 34.6 Å². The van der Waals surface area contributed by atoms with Crippen molar-refractivity contribution in [3.63, 3.8) is 0 Å². The molecule has 3 aromatic carbocycles. The van der Waals surface area contributed by atoms with Crippen LogP contribution in [-0.4, -0.2) is 36.3 Å². The molecule has 1 heterocycles. The second-order valence-electron chi connectivity index (χ2n) is 9.93. The van der Waals surface area contributed by atoms with Crippen molar-refractivity contribution >= 4 is 52.3 Å². The summed E-state index contributed by atoms with van der Waals surface area (Å²) in [5, 5.41) is 0. The maximum absolute atomic E-state index is 6.66. The smallest absolute Gasteiger partial charge is 0.228 e. The largest absolute Gasteiger partial charge is 0.490 e. The Balaban J connectivity index is 1.51. The summed E-state index contributed by atoms with van der Waals surface area (Å²) >= 11 is 20.0. The van der Waals surface area contributed by atoms with Crippen molar-refractivity contribution in [3.05, 3.63) is 88.5 Å². The maximum Gasteiger partial charge on any atom is 0.228 e. The molecule has 0 aliphatic carbocycles. The van der Waals surface area contributed by atoms with Gasteiger partial charge in [0.1, 0.15) is 24.7 Å². The van der Waals surface area contributed by atoms with E-state index < -0.39 is 9.96 Å². The van der Waals surface area contributed by atoms with Crippen molar-refractivity contribution in [2.45, 2.75) is 44.6 Å². The number of benzene rings is 3.